The van der Waals surface area contributed by atoms with Crippen LogP contribution >= 0.6 is 0 Å². The standard InChI is InChI=1S/C28H24F4N4O4/c1-14-17-7-5-9-40-26(17)21(29)10-18(14)25-19(11-24(37)38)15(2)34-23-12-22(35-36(23)25)27(39)33-13-16-6-3-4-8-20(16)28(30,31)32/h3-4,6,8,10,12H,5,7,9,11,13H2,1-2H3,(H,33,39)(H,37,38). The molecular weight excluding hydrogens is 532 g/mol. The van der Waals surface area contributed by atoms with E-state index in [4.69, 9.17) is 4.74 Å². The summed E-state index contributed by atoms with van der Waals surface area (Å²) in [5, 5.41) is 16.4. The van der Waals surface area contributed by atoms with E-state index in [2.05, 4.69) is 15.4 Å². The van der Waals surface area contributed by atoms with Crippen molar-refractivity contribution in [3.63, 3.8) is 0 Å². The number of fused-ring (bicyclic) bond motifs is 2. The van der Waals surface area contributed by atoms with E-state index in [1.165, 1.54) is 34.8 Å². The van der Waals surface area contributed by atoms with Crippen LogP contribution in [0.5, 0.6) is 5.75 Å². The number of carboxylic acids is 1. The van der Waals surface area contributed by atoms with Crippen molar-refractivity contribution in [3.8, 4) is 17.0 Å². The lowest BCUT2D eigenvalue weighted by Gasteiger charge is -2.23. The second-order valence-electron chi connectivity index (χ2n) is 9.52. The molecular formula is C28H24F4N4O4. The van der Waals surface area contributed by atoms with Crippen LogP contribution in [0.1, 0.15) is 50.4 Å². The number of benzene rings is 2. The molecule has 3 heterocycles. The van der Waals surface area contributed by atoms with E-state index in [9.17, 15) is 27.9 Å². The number of amides is 1. The maximum absolute atomic E-state index is 15.2. The summed E-state index contributed by atoms with van der Waals surface area (Å²) in [5.41, 5.74) is 1.68. The van der Waals surface area contributed by atoms with Crippen molar-refractivity contribution in [1.82, 2.24) is 19.9 Å². The van der Waals surface area contributed by atoms with Gasteiger partial charge in [-0.05, 0) is 49.9 Å². The van der Waals surface area contributed by atoms with Gasteiger partial charge in [-0.15, -0.1) is 0 Å². The van der Waals surface area contributed by atoms with Crippen molar-refractivity contribution in [1.29, 1.82) is 0 Å². The summed E-state index contributed by atoms with van der Waals surface area (Å²) in [6.45, 7) is 3.37. The van der Waals surface area contributed by atoms with E-state index in [1.54, 1.807) is 13.8 Å². The summed E-state index contributed by atoms with van der Waals surface area (Å²) in [4.78, 5) is 29.2. The maximum Gasteiger partial charge on any atom is 0.416 e. The highest BCUT2D eigenvalue weighted by Gasteiger charge is 2.33. The topological polar surface area (TPSA) is 106 Å². The Hall–Kier alpha value is -4.48. The molecule has 40 heavy (non-hydrogen) atoms. The Morgan fingerprint density at radius 2 is 1.93 bits per heavy atom. The molecule has 0 saturated heterocycles. The number of aromatic nitrogens is 3. The molecule has 0 unspecified atom stereocenters. The zero-order chi connectivity index (χ0) is 28.8. The van der Waals surface area contributed by atoms with E-state index in [1.807, 2.05) is 0 Å². The average Bonchev–Trinajstić information content (AvgIpc) is 3.33. The first-order valence-electron chi connectivity index (χ1n) is 12.4. The number of nitrogens with zero attached hydrogens (tertiary/aromatic N) is 3. The van der Waals surface area contributed by atoms with Crippen LogP contribution in [0.3, 0.4) is 0 Å². The number of hydrogen-bond acceptors (Lipinski definition) is 5. The van der Waals surface area contributed by atoms with Crippen LogP contribution in [0.15, 0.2) is 36.4 Å². The first-order valence-corrected chi connectivity index (χ1v) is 12.4. The fourth-order valence-electron chi connectivity index (χ4n) is 5.03. The quantitative estimate of drug-likeness (QED) is 0.322. The number of aliphatic carboxylic acids is 1. The fourth-order valence-corrected chi connectivity index (χ4v) is 5.03. The van der Waals surface area contributed by atoms with Gasteiger partial charge in [-0.3, -0.25) is 9.59 Å². The normalized spacial score (nSPS) is 13.2. The van der Waals surface area contributed by atoms with Crippen molar-refractivity contribution in [2.75, 3.05) is 6.61 Å². The molecule has 2 aromatic heterocycles. The van der Waals surface area contributed by atoms with Gasteiger partial charge in [-0.25, -0.2) is 13.9 Å². The lowest BCUT2D eigenvalue weighted by Crippen LogP contribution is -2.25. The summed E-state index contributed by atoms with van der Waals surface area (Å²) >= 11 is 0. The predicted molar refractivity (Wildman–Crippen MR) is 136 cm³/mol. The third-order valence-corrected chi connectivity index (χ3v) is 6.92. The van der Waals surface area contributed by atoms with Gasteiger partial charge < -0.3 is 15.2 Å². The van der Waals surface area contributed by atoms with Crippen LogP contribution in [-0.2, 0) is 30.4 Å². The number of rotatable bonds is 6. The van der Waals surface area contributed by atoms with Crippen LogP contribution in [0.4, 0.5) is 17.6 Å². The number of nitrogens with one attached hydrogen (secondary N) is 1. The zero-order valence-electron chi connectivity index (χ0n) is 21.5. The van der Waals surface area contributed by atoms with Gasteiger partial charge in [0.25, 0.3) is 5.91 Å². The summed E-state index contributed by atoms with van der Waals surface area (Å²) in [7, 11) is 0. The van der Waals surface area contributed by atoms with E-state index < -0.39 is 42.4 Å². The van der Waals surface area contributed by atoms with Crippen molar-refractivity contribution in [3.05, 3.63) is 81.4 Å². The van der Waals surface area contributed by atoms with Gasteiger partial charge in [0.15, 0.2) is 22.9 Å². The number of carboxylic acid groups (broad SMARTS) is 1. The predicted octanol–water partition coefficient (Wildman–Crippen LogP) is 5.05. The smallest absolute Gasteiger partial charge is 0.416 e. The van der Waals surface area contributed by atoms with Crippen molar-refractivity contribution in [2.24, 2.45) is 0 Å². The van der Waals surface area contributed by atoms with Crippen LogP contribution in [0.2, 0.25) is 0 Å². The molecule has 4 aromatic rings. The molecule has 5 rings (SSSR count). The lowest BCUT2D eigenvalue weighted by molar-refractivity contribution is -0.138. The molecule has 1 aliphatic heterocycles. The summed E-state index contributed by atoms with van der Waals surface area (Å²) < 4.78 is 62.1. The molecule has 1 amide bonds. The van der Waals surface area contributed by atoms with Crippen LogP contribution in [0.25, 0.3) is 16.9 Å². The maximum atomic E-state index is 15.2. The molecule has 0 atom stereocenters. The number of alkyl halides is 3. The third kappa shape index (κ3) is 4.96. The molecule has 0 aliphatic carbocycles. The molecule has 0 spiro atoms. The molecule has 2 N–H and O–H groups in total. The molecule has 0 radical (unpaired) electrons. The Morgan fingerprint density at radius 3 is 2.65 bits per heavy atom. The molecule has 208 valence electrons. The first kappa shape index (κ1) is 27.1. The Balaban J connectivity index is 1.60. The Morgan fingerprint density at radius 1 is 1.18 bits per heavy atom. The fraction of sp³-hybridized carbons (Fsp3) is 0.286. The van der Waals surface area contributed by atoms with Crippen LogP contribution < -0.4 is 10.1 Å². The van der Waals surface area contributed by atoms with Crippen molar-refractivity contribution in [2.45, 2.75) is 45.8 Å². The SMILES string of the molecule is Cc1nc2cc(C(=O)NCc3ccccc3C(F)(F)F)nn2c(-c2cc(F)c3c(c2C)CCCO3)c1CC(=O)O. The Labute approximate surface area is 225 Å². The number of carbonyl (C=O) groups excluding carboxylic acids is 1. The van der Waals surface area contributed by atoms with Crippen LogP contribution in [-0.4, -0.2) is 38.2 Å². The molecule has 0 saturated carbocycles. The van der Waals surface area contributed by atoms with Gasteiger partial charge in [0.05, 0.1) is 24.3 Å². The number of halogens is 4. The van der Waals surface area contributed by atoms with E-state index >= 15 is 4.39 Å². The number of hydrogen-bond donors (Lipinski definition) is 2. The van der Waals surface area contributed by atoms with Gasteiger partial charge in [-0.2, -0.15) is 18.3 Å². The van der Waals surface area contributed by atoms with Gasteiger partial charge in [0.1, 0.15) is 0 Å². The average molecular weight is 557 g/mol. The lowest BCUT2D eigenvalue weighted by atomic mass is 9.91. The highest BCUT2D eigenvalue weighted by molar-refractivity contribution is 5.93. The van der Waals surface area contributed by atoms with E-state index in [0.717, 1.165) is 6.07 Å². The molecule has 2 aromatic carbocycles. The Kier molecular flexibility index (Phi) is 6.94. The monoisotopic (exact) mass is 556 g/mol. The van der Waals surface area contributed by atoms with E-state index in [-0.39, 0.29) is 33.9 Å². The largest absolute Gasteiger partial charge is 0.490 e. The molecule has 0 bridgehead atoms. The van der Waals surface area contributed by atoms with Crippen LogP contribution in [0, 0.1) is 19.7 Å². The summed E-state index contributed by atoms with van der Waals surface area (Å²) in [6.07, 6.45) is -3.77. The highest BCUT2D eigenvalue weighted by atomic mass is 19.4. The second kappa shape index (κ2) is 10.2. The van der Waals surface area contributed by atoms with Gasteiger partial charge in [0, 0.05) is 35.0 Å². The van der Waals surface area contributed by atoms with E-state index in [0.29, 0.717) is 41.8 Å². The second-order valence-corrected chi connectivity index (χ2v) is 9.52. The zero-order valence-corrected chi connectivity index (χ0v) is 21.5. The highest BCUT2D eigenvalue weighted by Crippen LogP contribution is 2.39. The van der Waals surface area contributed by atoms with Crippen molar-refractivity contribution < 1.29 is 37.0 Å². The number of carbonyl (C=O) groups is 2. The van der Waals surface area contributed by atoms with Gasteiger partial charge in [-0.1, -0.05) is 18.2 Å². The minimum Gasteiger partial charge on any atom is -0.490 e. The molecule has 12 heteroatoms. The minimum absolute atomic E-state index is 0.118. The van der Waals surface area contributed by atoms with Gasteiger partial charge in [0.2, 0.25) is 0 Å². The molecule has 8 nitrogen and oxygen atoms in total. The minimum atomic E-state index is -4.59. The van der Waals surface area contributed by atoms with Crippen molar-refractivity contribution >= 4 is 17.5 Å². The summed E-state index contributed by atoms with van der Waals surface area (Å²) in [5.74, 6) is -2.34. The number of aryl methyl sites for hydroxylation is 1. The van der Waals surface area contributed by atoms with Gasteiger partial charge >= 0.3 is 12.1 Å². The number of ether oxygens (including phenoxy) is 1. The third-order valence-electron chi connectivity index (χ3n) is 6.92. The Bertz CT molecular complexity index is 1660. The first-order chi connectivity index (χ1) is 19.0. The molecule has 1 aliphatic rings. The summed E-state index contributed by atoms with van der Waals surface area (Å²) in [6, 6.07) is 7.51. The molecule has 0 fully saturated rings.